The molecule has 4 heteroatoms. The first-order valence-electron chi connectivity index (χ1n) is 3.66. The van der Waals surface area contributed by atoms with E-state index in [4.69, 9.17) is 16.9 Å². The average molecular weight is 184 g/mol. The van der Waals surface area contributed by atoms with Gasteiger partial charge >= 0.3 is 0 Å². The second-order valence-corrected chi connectivity index (χ2v) is 2.87. The lowest BCUT2D eigenvalue weighted by Crippen LogP contribution is -2.00. The van der Waals surface area contributed by atoms with Crippen LogP contribution in [0, 0.1) is 25.2 Å². The Labute approximate surface area is 76.6 Å². The Hall–Kier alpha value is -1.01. The molecule has 1 heterocycles. The molecule has 1 aromatic heterocycles. The van der Waals surface area contributed by atoms with Crippen LogP contribution in [0.15, 0.2) is 0 Å². The van der Waals surface area contributed by atoms with Crippen molar-refractivity contribution in [3.05, 3.63) is 17.0 Å². The Bertz CT molecular complexity index is 322. The van der Waals surface area contributed by atoms with Crippen LogP contribution < -0.4 is 0 Å². The van der Waals surface area contributed by atoms with Gasteiger partial charge in [0.1, 0.15) is 6.54 Å². The van der Waals surface area contributed by atoms with Crippen LogP contribution in [0.3, 0.4) is 0 Å². The molecule has 0 fully saturated rings. The van der Waals surface area contributed by atoms with Crippen LogP contribution in [0.5, 0.6) is 0 Å². The average Bonchev–Trinajstić information content (AvgIpc) is 2.29. The molecule has 64 valence electrons. The summed E-state index contributed by atoms with van der Waals surface area (Å²) in [5, 5.41) is 12.7. The highest BCUT2D eigenvalue weighted by molar-refractivity contribution is 6.17. The van der Waals surface area contributed by atoms with Gasteiger partial charge in [-0.3, -0.25) is 4.68 Å². The number of aryl methyl sites for hydroxylation is 1. The minimum Gasteiger partial charge on any atom is -0.255 e. The summed E-state index contributed by atoms with van der Waals surface area (Å²) in [6.45, 7) is 4.12. The molecule has 1 aromatic rings. The van der Waals surface area contributed by atoms with Gasteiger partial charge in [0.15, 0.2) is 0 Å². The molecule has 0 unspecified atom stereocenters. The molecular weight excluding hydrogens is 174 g/mol. The largest absolute Gasteiger partial charge is 0.255 e. The molecule has 12 heavy (non-hydrogen) atoms. The second kappa shape index (κ2) is 3.59. The number of rotatable bonds is 2. The maximum atomic E-state index is 8.47. The molecule has 0 bridgehead atoms. The number of hydrogen-bond donors (Lipinski definition) is 0. The summed E-state index contributed by atoms with van der Waals surface area (Å²) < 4.78 is 1.67. The van der Waals surface area contributed by atoms with Gasteiger partial charge in [0.25, 0.3) is 0 Å². The lowest BCUT2D eigenvalue weighted by molar-refractivity contribution is 0.679. The molecule has 1 rings (SSSR count). The van der Waals surface area contributed by atoms with Crippen molar-refractivity contribution in [3.8, 4) is 6.07 Å². The summed E-state index contributed by atoms with van der Waals surface area (Å²) in [6.07, 6.45) is 0. The highest BCUT2D eigenvalue weighted by Crippen LogP contribution is 2.14. The zero-order chi connectivity index (χ0) is 9.14. The Morgan fingerprint density at radius 3 is 2.67 bits per heavy atom. The van der Waals surface area contributed by atoms with Crippen LogP contribution >= 0.6 is 11.6 Å². The topological polar surface area (TPSA) is 41.6 Å². The van der Waals surface area contributed by atoms with Crippen molar-refractivity contribution in [1.82, 2.24) is 9.78 Å². The van der Waals surface area contributed by atoms with Gasteiger partial charge in [-0.1, -0.05) is 0 Å². The first-order chi connectivity index (χ1) is 5.70. The van der Waals surface area contributed by atoms with E-state index in [9.17, 15) is 0 Å². The van der Waals surface area contributed by atoms with Crippen LogP contribution in [-0.2, 0) is 12.4 Å². The fourth-order valence-corrected chi connectivity index (χ4v) is 1.54. The quantitative estimate of drug-likeness (QED) is 0.656. The molecule has 0 saturated carbocycles. The van der Waals surface area contributed by atoms with E-state index in [-0.39, 0.29) is 0 Å². The Morgan fingerprint density at radius 1 is 1.58 bits per heavy atom. The van der Waals surface area contributed by atoms with Gasteiger partial charge in [-0.25, -0.2) is 0 Å². The predicted molar refractivity (Wildman–Crippen MR) is 46.9 cm³/mol. The molecule has 0 amide bonds. The van der Waals surface area contributed by atoms with E-state index in [2.05, 4.69) is 5.10 Å². The maximum absolute atomic E-state index is 8.47. The van der Waals surface area contributed by atoms with Crippen LogP contribution in [0.2, 0.25) is 0 Å². The number of halogens is 1. The number of aromatic nitrogens is 2. The molecule has 0 aromatic carbocycles. The smallest absolute Gasteiger partial charge is 0.128 e. The fourth-order valence-electron chi connectivity index (χ4n) is 1.15. The van der Waals surface area contributed by atoms with Crippen molar-refractivity contribution >= 4 is 11.6 Å². The number of nitriles is 1. The molecule has 0 aliphatic carbocycles. The molecule has 0 saturated heterocycles. The Kier molecular flexibility index (Phi) is 2.72. The van der Waals surface area contributed by atoms with Gasteiger partial charge in [0, 0.05) is 11.3 Å². The third-order valence-electron chi connectivity index (χ3n) is 1.89. The van der Waals surface area contributed by atoms with Crippen molar-refractivity contribution in [2.24, 2.45) is 0 Å². The lowest BCUT2D eigenvalue weighted by Gasteiger charge is -1.96. The molecule has 0 aliphatic heterocycles. The normalized spacial score (nSPS) is 9.83. The molecule has 3 nitrogen and oxygen atoms in total. The highest BCUT2D eigenvalue weighted by Gasteiger charge is 2.08. The summed E-state index contributed by atoms with van der Waals surface area (Å²) in [6, 6.07) is 2.05. The van der Waals surface area contributed by atoms with E-state index in [0.717, 1.165) is 17.0 Å². The first-order valence-corrected chi connectivity index (χ1v) is 4.20. The number of hydrogen-bond acceptors (Lipinski definition) is 2. The highest BCUT2D eigenvalue weighted by atomic mass is 35.5. The monoisotopic (exact) mass is 183 g/mol. The maximum Gasteiger partial charge on any atom is 0.128 e. The minimum absolute atomic E-state index is 0.295. The van der Waals surface area contributed by atoms with Crippen molar-refractivity contribution < 1.29 is 0 Å². The summed E-state index contributed by atoms with van der Waals surface area (Å²) in [7, 11) is 0. The molecule has 0 spiro atoms. The fraction of sp³-hybridized carbons (Fsp3) is 0.500. The zero-order valence-corrected chi connectivity index (χ0v) is 7.89. The van der Waals surface area contributed by atoms with E-state index in [1.54, 1.807) is 4.68 Å². The second-order valence-electron chi connectivity index (χ2n) is 2.60. The number of alkyl halides is 1. The molecular formula is C8H10ClN3. The lowest BCUT2D eigenvalue weighted by atomic mass is 10.2. The van der Waals surface area contributed by atoms with Crippen molar-refractivity contribution in [3.63, 3.8) is 0 Å². The predicted octanol–water partition coefficient (Wildman–Crippen LogP) is 1.76. The number of nitrogens with zero attached hydrogens (tertiary/aromatic N) is 3. The van der Waals surface area contributed by atoms with Gasteiger partial charge in [0.05, 0.1) is 17.6 Å². The van der Waals surface area contributed by atoms with Crippen molar-refractivity contribution in [2.45, 2.75) is 26.3 Å². The molecule has 0 aliphatic rings. The van der Waals surface area contributed by atoms with Crippen LogP contribution in [0.4, 0.5) is 0 Å². The van der Waals surface area contributed by atoms with E-state index in [0.29, 0.717) is 12.4 Å². The third-order valence-corrected chi connectivity index (χ3v) is 2.15. The Morgan fingerprint density at radius 2 is 2.25 bits per heavy atom. The van der Waals surface area contributed by atoms with Gasteiger partial charge in [-0.2, -0.15) is 10.4 Å². The van der Waals surface area contributed by atoms with Gasteiger partial charge in [-0.15, -0.1) is 11.6 Å². The van der Waals surface area contributed by atoms with E-state index in [1.807, 2.05) is 19.9 Å². The summed E-state index contributed by atoms with van der Waals surface area (Å²) >= 11 is 5.71. The SMILES string of the molecule is Cc1nn(CC#N)c(C)c1CCl. The van der Waals surface area contributed by atoms with Gasteiger partial charge < -0.3 is 0 Å². The Balaban J connectivity index is 3.10. The van der Waals surface area contributed by atoms with Crippen LogP contribution in [0.1, 0.15) is 17.0 Å². The van der Waals surface area contributed by atoms with E-state index in [1.165, 1.54) is 0 Å². The van der Waals surface area contributed by atoms with Crippen molar-refractivity contribution in [1.29, 1.82) is 5.26 Å². The zero-order valence-electron chi connectivity index (χ0n) is 7.13. The molecule has 0 radical (unpaired) electrons. The summed E-state index contributed by atoms with van der Waals surface area (Å²) in [5.74, 6) is 0.461. The third kappa shape index (κ3) is 1.44. The van der Waals surface area contributed by atoms with Crippen molar-refractivity contribution in [2.75, 3.05) is 0 Å². The first kappa shape index (κ1) is 9.08. The molecule has 0 N–H and O–H groups in total. The van der Waals surface area contributed by atoms with Crippen LogP contribution in [-0.4, -0.2) is 9.78 Å². The van der Waals surface area contributed by atoms with Gasteiger partial charge in [-0.05, 0) is 13.8 Å². The van der Waals surface area contributed by atoms with E-state index < -0.39 is 0 Å². The van der Waals surface area contributed by atoms with Crippen LogP contribution in [0.25, 0.3) is 0 Å². The summed E-state index contributed by atoms with van der Waals surface area (Å²) in [5.41, 5.74) is 2.94. The van der Waals surface area contributed by atoms with Gasteiger partial charge in [0.2, 0.25) is 0 Å². The van der Waals surface area contributed by atoms with E-state index >= 15 is 0 Å². The molecule has 0 atom stereocenters. The summed E-state index contributed by atoms with van der Waals surface area (Å²) in [4.78, 5) is 0. The minimum atomic E-state index is 0.295. The standard InChI is InChI=1S/C8H10ClN3/c1-6-8(5-9)7(2)12(11-6)4-3-10/h4-5H2,1-2H3.